The molecular weight excluding hydrogens is 434 g/mol. The van der Waals surface area contributed by atoms with Gasteiger partial charge in [0.2, 0.25) is 10.0 Å². The first-order chi connectivity index (χ1) is 15.0. The Morgan fingerprint density at radius 2 is 1.84 bits per heavy atom. The number of sulfonamides is 1. The van der Waals surface area contributed by atoms with Crippen molar-refractivity contribution in [3.8, 4) is 0 Å². The highest BCUT2D eigenvalue weighted by atomic mass is 35.5. The molecule has 31 heavy (non-hydrogen) atoms. The van der Waals surface area contributed by atoms with Gasteiger partial charge < -0.3 is 9.30 Å². The van der Waals surface area contributed by atoms with Crippen LogP contribution in [0.15, 0.2) is 47.4 Å². The molecule has 4 rings (SSSR count). The molecule has 0 bridgehead atoms. The summed E-state index contributed by atoms with van der Waals surface area (Å²) in [6.45, 7) is 4.57. The van der Waals surface area contributed by atoms with E-state index in [2.05, 4.69) is 11.5 Å². The quantitative estimate of drug-likeness (QED) is 0.514. The van der Waals surface area contributed by atoms with Crippen molar-refractivity contribution in [2.75, 3.05) is 26.3 Å². The predicted molar refractivity (Wildman–Crippen MR) is 125 cm³/mol. The first kappa shape index (κ1) is 22.0. The lowest BCUT2D eigenvalue weighted by Crippen LogP contribution is -2.40. The van der Waals surface area contributed by atoms with Crippen LogP contribution in [0, 0.1) is 0 Å². The van der Waals surface area contributed by atoms with Crippen LogP contribution in [0.25, 0.3) is 23.2 Å². The summed E-state index contributed by atoms with van der Waals surface area (Å²) in [7, 11) is -3.56. The summed E-state index contributed by atoms with van der Waals surface area (Å²) in [4.78, 5) is 5.03. The number of rotatable bonds is 7. The molecule has 0 saturated carbocycles. The summed E-state index contributed by atoms with van der Waals surface area (Å²) in [6.07, 6.45) is 6.03. The normalized spacial score (nSPS) is 15.8. The van der Waals surface area contributed by atoms with E-state index in [1.165, 1.54) is 4.31 Å². The lowest BCUT2D eigenvalue weighted by atomic mass is 10.2. The van der Waals surface area contributed by atoms with Crippen molar-refractivity contribution in [1.29, 1.82) is 0 Å². The smallest absolute Gasteiger partial charge is 0.243 e. The van der Waals surface area contributed by atoms with E-state index in [0.29, 0.717) is 36.8 Å². The van der Waals surface area contributed by atoms with Crippen LogP contribution in [-0.4, -0.2) is 48.6 Å². The summed E-state index contributed by atoms with van der Waals surface area (Å²) >= 11 is 5.97. The van der Waals surface area contributed by atoms with Crippen LogP contribution in [0.3, 0.4) is 0 Å². The Bertz CT molecular complexity index is 1180. The maximum absolute atomic E-state index is 13.0. The number of aryl methyl sites for hydroxylation is 1. The Morgan fingerprint density at radius 3 is 2.55 bits per heavy atom. The third kappa shape index (κ3) is 4.85. The Morgan fingerprint density at radius 1 is 1.10 bits per heavy atom. The third-order valence-electron chi connectivity index (χ3n) is 5.39. The summed E-state index contributed by atoms with van der Waals surface area (Å²) in [5.74, 6) is 0.805. The number of benzene rings is 2. The Labute approximate surface area is 188 Å². The minimum Gasteiger partial charge on any atom is -0.379 e. The third-order valence-corrected chi connectivity index (χ3v) is 7.53. The van der Waals surface area contributed by atoms with Gasteiger partial charge in [0.25, 0.3) is 0 Å². The Hall–Kier alpha value is -2.19. The van der Waals surface area contributed by atoms with E-state index in [0.717, 1.165) is 36.3 Å². The van der Waals surface area contributed by atoms with Crippen molar-refractivity contribution in [3.63, 3.8) is 0 Å². The van der Waals surface area contributed by atoms with Crippen LogP contribution in [0.2, 0.25) is 5.02 Å². The van der Waals surface area contributed by atoms with E-state index in [9.17, 15) is 8.42 Å². The molecule has 1 saturated heterocycles. The number of morpholine rings is 1. The number of unbranched alkanes of at least 4 members (excludes halogenated alkanes) is 1. The van der Waals surface area contributed by atoms with Crippen molar-refractivity contribution in [1.82, 2.24) is 13.9 Å². The van der Waals surface area contributed by atoms with Crippen LogP contribution in [0.1, 0.15) is 31.2 Å². The number of aromatic nitrogens is 2. The molecule has 6 nitrogen and oxygen atoms in total. The molecular formula is C23H26ClN3O3S. The molecule has 0 radical (unpaired) electrons. The van der Waals surface area contributed by atoms with Crippen LogP contribution < -0.4 is 0 Å². The fourth-order valence-corrected chi connectivity index (χ4v) is 5.20. The number of hydrogen-bond acceptors (Lipinski definition) is 4. The number of ether oxygens (including phenoxy) is 1. The predicted octanol–water partition coefficient (Wildman–Crippen LogP) is 4.68. The van der Waals surface area contributed by atoms with Crippen molar-refractivity contribution >= 4 is 44.8 Å². The Kier molecular flexibility index (Phi) is 6.77. The van der Waals surface area contributed by atoms with E-state index >= 15 is 0 Å². The molecule has 0 spiro atoms. The van der Waals surface area contributed by atoms with Gasteiger partial charge in [-0.3, -0.25) is 0 Å². The highest BCUT2D eigenvalue weighted by Gasteiger charge is 2.27. The Balaban J connectivity index is 1.71. The molecule has 2 aromatic carbocycles. The fraction of sp³-hybridized carbons (Fsp3) is 0.348. The van der Waals surface area contributed by atoms with E-state index in [1.807, 2.05) is 42.5 Å². The molecule has 1 fully saturated rings. The molecule has 164 valence electrons. The van der Waals surface area contributed by atoms with E-state index in [1.54, 1.807) is 12.1 Å². The first-order valence-electron chi connectivity index (χ1n) is 10.5. The average molecular weight is 460 g/mol. The summed E-state index contributed by atoms with van der Waals surface area (Å²) in [6, 6.07) is 12.8. The molecule has 8 heteroatoms. The second kappa shape index (κ2) is 9.53. The molecule has 3 aromatic rings. The topological polar surface area (TPSA) is 64.4 Å². The minimum atomic E-state index is -3.56. The molecule has 1 aliphatic rings. The summed E-state index contributed by atoms with van der Waals surface area (Å²) < 4.78 is 35.0. The molecule has 2 heterocycles. The van der Waals surface area contributed by atoms with Crippen LogP contribution >= 0.6 is 11.6 Å². The van der Waals surface area contributed by atoms with Crippen molar-refractivity contribution in [2.45, 2.75) is 31.2 Å². The largest absolute Gasteiger partial charge is 0.379 e. The zero-order valence-corrected chi connectivity index (χ0v) is 19.1. The van der Waals surface area contributed by atoms with Gasteiger partial charge in [0, 0.05) is 24.7 Å². The molecule has 1 aliphatic heterocycles. The van der Waals surface area contributed by atoms with Crippen molar-refractivity contribution < 1.29 is 13.2 Å². The number of hydrogen-bond donors (Lipinski definition) is 0. The van der Waals surface area contributed by atoms with Crippen molar-refractivity contribution in [3.05, 3.63) is 58.9 Å². The number of fused-ring (bicyclic) bond motifs is 1. The minimum absolute atomic E-state index is 0.273. The molecule has 0 atom stereocenters. The van der Waals surface area contributed by atoms with Crippen LogP contribution in [0.5, 0.6) is 0 Å². The lowest BCUT2D eigenvalue weighted by molar-refractivity contribution is 0.0730. The van der Waals surface area contributed by atoms with Gasteiger partial charge in [0.05, 0.1) is 29.1 Å². The van der Waals surface area contributed by atoms with Crippen molar-refractivity contribution in [2.24, 2.45) is 0 Å². The average Bonchev–Trinajstić information content (AvgIpc) is 3.14. The van der Waals surface area contributed by atoms with Gasteiger partial charge in [-0.2, -0.15) is 4.31 Å². The van der Waals surface area contributed by atoms with Gasteiger partial charge in [0.1, 0.15) is 5.82 Å². The fourth-order valence-electron chi connectivity index (χ4n) is 3.65. The van der Waals surface area contributed by atoms with Crippen LogP contribution in [-0.2, 0) is 21.3 Å². The molecule has 0 N–H and O–H groups in total. The van der Waals surface area contributed by atoms with Gasteiger partial charge in [-0.1, -0.05) is 43.2 Å². The summed E-state index contributed by atoms with van der Waals surface area (Å²) in [5.41, 5.74) is 2.64. The number of imidazole rings is 1. The molecule has 1 aromatic heterocycles. The van der Waals surface area contributed by atoms with Crippen LogP contribution in [0.4, 0.5) is 0 Å². The molecule has 0 unspecified atom stereocenters. The maximum atomic E-state index is 13.0. The highest BCUT2D eigenvalue weighted by Crippen LogP contribution is 2.25. The SMILES string of the molecule is CCCCn1c(/C=C/c2ccc(Cl)cc2)nc2cc(S(=O)(=O)N3CCOCC3)ccc21. The van der Waals surface area contributed by atoms with E-state index in [-0.39, 0.29) is 4.90 Å². The monoisotopic (exact) mass is 459 g/mol. The molecule has 0 amide bonds. The zero-order chi connectivity index (χ0) is 21.8. The van der Waals surface area contributed by atoms with Gasteiger partial charge in [-0.25, -0.2) is 13.4 Å². The van der Waals surface area contributed by atoms with Gasteiger partial charge in [0.15, 0.2) is 0 Å². The second-order valence-electron chi connectivity index (χ2n) is 7.53. The first-order valence-corrected chi connectivity index (χ1v) is 12.3. The van der Waals surface area contributed by atoms with Gasteiger partial charge in [-0.15, -0.1) is 0 Å². The summed E-state index contributed by atoms with van der Waals surface area (Å²) in [5, 5.41) is 0.696. The zero-order valence-electron chi connectivity index (χ0n) is 17.5. The maximum Gasteiger partial charge on any atom is 0.243 e. The molecule has 0 aliphatic carbocycles. The van der Waals surface area contributed by atoms with E-state index < -0.39 is 10.0 Å². The van der Waals surface area contributed by atoms with Gasteiger partial charge in [-0.05, 0) is 48.4 Å². The van der Waals surface area contributed by atoms with E-state index in [4.69, 9.17) is 21.3 Å². The second-order valence-corrected chi connectivity index (χ2v) is 9.90. The standard InChI is InChI=1S/C23H26ClN3O3S/c1-2-3-12-27-22-10-9-20(31(28,29)26-13-15-30-16-14-26)17-21(22)25-23(27)11-6-18-4-7-19(24)8-5-18/h4-11,17H,2-3,12-16H2,1H3/b11-6+. The van der Waals surface area contributed by atoms with Gasteiger partial charge >= 0.3 is 0 Å². The number of halogens is 1. The number of nitrogens with zero attached hydrogens (tertiary/aromatic N) is 3. The highest BCUT2D eigenvalue weighted by molar-refractivity contribution is 7.89. The lowest BCUT2D eigenvalue weighted by Gasteiger charge is -2.26.